The first kappa shape index (κ1) is 14.8. The van der Waals surface area contributed by atoms with Crippen LogP contribution in [0.1, 0.15) is 25.3 Å². The zero-order valence-electron chi connectivity index (χ0n) is 11.8. The summed E-state index contributed by atoms with van der Waals surface area (Å²) >= 11 is 0. The van der Waals surface area contributed by atoms with Gasteiger partial charge in [0.15, 0.2) is 5.54 Å². The molecule has 110 valence electrons. The molecular formula is C15H20FNO3. The third-order valence-electron chi connectivity index (χ3n) is 3.74. The Morgan fingerprint density at radius 2 is 2.25 bits per heavy atom. The standard InChI is InChI=1S/C15H20FNO3/c1-3-17-15(14(18)19,11-4-5-11)9-20-13-7-6-12(16)8-10(13)2/h6-8,11,17H,3-5,9H2,1-2H3,(H,18,19). The number of aryl methyl sites for hydroxylation is 1. The highest BCUT2D eigenvalue weighted by atomic mass is 19.1. The molecule has 1 aliphatic rings. The quantitative estimate of drug-likeness (QED) is 0.805. The number of hydrogen-bond donors (Lipinski definition) is 2. The average molecular weight is 281 g/mol. The summed E-state index contributed by atoms with van der Waals surface area (Å²) in [6.45, 7) is 4.23. The predicted octanol–water partition coefficient (Wildman–Crippen LogP) is 2.36. The number of halogens is 1. The summed E-state index contributed by atoms with van der Waals surface area (Å²) in [5, 5.41) is 12.6. The Bertz CT molecular complexity index is 502. The number of likely N-dealkylation sites (N-methyl/N-ethyl adjacent to an activating group) is 1. The van der Waals surface area contributed by atoms with Crippen LogP contribution in [0, 0.1) is 18.7 Å². The molecule has 0 bridgehead atoms. The summed E-state index contributed by atoms with van der Waals surface area (Å²) in [6.07, 6.45) is 1.79. The van der Waals surface area contributed by atoms with Gasteiger partial charge in [-0.2, -0.15) is 0 Å². The summed E-state index contributed by atoms with van der Waals surface area (Å²) in [4.78, 5) is 11.7. The van der Waals surface area contributed by atoms with Crippen molar-refractivity contribution >= 4 is 5.97 Å². The number of hydrogen-bond acceptors (Lipinski definition) is 3. The molecule has 0 heterocycles. The largest absolute Gasteiger partial charge is 0.491 e. The maximum Gasteiger partial charge on any atom is 0.327 e. The van der Waals surface area contributed by atoms with Crippen LogP contribution in [0.15, 0.2) is 18.2 Å². The van der Waals surface area contributed by atoms with Gasteiger partial charge in [0.1, 0.15) is 18.2 Å². The van der Waals surface area contributed by atoms with Gasteiger partial charge < -0.3 is 9.84 Å². The van der Waals surface area contributed by atoms with E-state index in [2.05, 4.69) is 5.32 Å². The van der Waals surface area contributed by atoms with E-state index in [1.807, 2.05) is 6.92 Å². The first-order valence-corrected chi connectivity index (χ1v) is 6.87. The fraction of sp³-hybridized carbons (Fsp3) is 0.533. The van der Waals surface area contributed by atoms with E-state index in [0.29, 0.717) is 17.9 Å². The first-order chi connectivity index (χ1) is 9.49. The molecular weight excluding hydrogens is 261 g/mol. The lowest BCUT2D eigenvalue weighted by Crippen LogP contribution is -2.58. The highest BCUT2D eigenvalue weighted by Crippen LogP contribution is 2.40. The number of nitrogens with one attached hydrogen (secondary N) is 1. The Hall–Kier alpha value is -1.62. The molecule has 0 aromatic heterocycles. The van der Waals surface area contributed by atoms with Crippen molar-refractivity contribution < 1.29 is 19.0 Å². The number of ether oxygens (including phenoxy) is 1. The van der Waals surface area contributed by atoms with E-state index in [0.717, 1.165) is 12.8 Å². The zero-order valence-corrected chi connectivity index (χ0v) is 11.8. The maximum absolute atomic E-state index is 13.0. The van der Waals surface area contributed by atoms with Gasteiger partial charge >= 0.3 is 5.97 Å². The minimum atomic E-state index is -1.05. The van der Waals surface area contributed by atoms with Crippen LogP contribution in [-0.4, -0.2) is 29.8 Å². The number of benzene rings is 1. The topological polar surface area (TPSA) is 58.6 Å². The number of carbonyl (C=O) groups is 1. The van der Waals surface area contributed by atoms with Crippen molar-refractivity contribution in [3.05, 3.63) is 29.6 Å². The molecule has 0 radical (unpaired) electrons. The van der Waals surface area contributed by atoms with Crippen LogP contribution in [0.3, 0.4) is 0 Å². The number of carboxylic acids is 1. The van der Waals surface area contributed by atoms with Gasteiger partial charge in [-0.3, -0.25) is 10.1 Å². The molecule has 2 N–H and O–H groups in total. The van der Waals surface area contributed by atoms with Gasteiger partial charge in [0, 0.05) is 0 Å². The Morgan fingerprint density at radius 1 is 1.55 bits per heavy atom. The van der Waals surface area contributed by atoms with Crippen molar-refractivity contribution in [2.24, 2.45) is 5.92 Å². The molecule has 1 unspecified atom stereocenters. The lowest BCUT2D eigenvalue weighted by atomic mass is 9.94. The van der Waals surface area contributed by atoms with Crippen molar-refractivity contribution in [1.29, 1.82) is 0 Å². The second-order valence-corrected chi connectivity index (χ2v) is 5.28. The normalized spacial score (nSPS) is 17.6. The molecule has 1 aromatic carbocycles. The second-order valence-electron chi connectivity index (χ2n) is 5.28. The Kier molecular flexibility index (Phi) is 4.28. The van der Waals surface area contributed by atoms with Gasteiger partial charge in [-0.05, 0) is 56.0 Å². The summed E-state index contributed by atoms with van der Waals surface area (Å²) in [5.74, 6) is -0.592. The van der Waals surface area contributed by atoms with E-state index in [-0.39, 0.29) is 18.3 Å². The molecule has 4 nitrogen and oxygen atoms in total. The molecule has 0 aliphatic heterocycles. The van der Waals surface area contributed by atoms with Crippen LogP contribution < -0.4 is 10.1 Å². The smallest absolute Gasteiger partial charge is 0.327 e. The van der Waals surface area contributed by atoms with Crippen molar-refractivity contribution in [3.63, 3.8) is 0 Å². The molecule has 1 atom stereocenters. The van der Waals surface area contributed by atoms with Crippen molar-refractivity contribution in [1.82, 2.24) is 5.32 Å². The van der Waals surface area contributed by atoms with Gasteiger partial charge in [0.05, 0.1) is 0 Å². The van der Waals surface area contributed by atoms with Gasteiger partial charge in [0.2, 0.25) is 0 Å². The SMILES string of the molecule is CCNC(COc1ccc(F)cc1C)(C(=O)O)C1CC1. The highest BCUT2D eigenvalue weighted by molar-refractivity contribution is 5.80. The number of aliphatic carboxylic acids is 1. The summed E-state index contributed by atoms with van der Waals surface area (Å²) in [6, 6.07) is 4.23. The lowest BCUT2D eigenvalue weighted by molar-refractivity contribution is -0.147. The van der Waals surface area contributed by atoms with Crippen molar-refractivity contribution in [2.75, 3.05) is 13.2 Å². The fourth-order valence-electron chi connectivity index (χ4n) is 2.48. The van der Waals surface area contributed by atoms with Crippen molar-refractivity contribution in [3.8, 4) is 5.75 Å². The molecule has 1 fully saturated rings. The molecule has 0 amide bonds. The van der Waals surface area contributed by atoms with Gasteiger partial charge in [0.25, 0.3) is 0 Å². The highest BCUT2D eigenvalue weighted by Gasteiger charge is 2.51. The predicted molar refractivity (Wildman–Crippen MR) is 73.4 cm³/mol. The average Bonchev–Trinajstić information content (AvgIpc) is 3.20. The van der Waals surface area contributed by atoms with E-state index in [1.165, 1.54) is 18.2 Å². The summed E-state index contributed by atoms with van der Waals surface area (Å²) in [7, 11) is 0. The van der Waals surface area contributed by atoms with Gasteiger partial charge in [-0.25, -0.2) is 4.39 Å². The fourth-order valence-corrected chi connectivity index (χ4v) is 2.48. The molecule has 5 heteroatoms. The Balaban J connectivity index is 2.14. The third-order valence-corrected chi connectivity index (χ3v) is 3.74. The monoisotopic (exact) mass is 281 g/mol. The number of rotatable bonds is 7. The van der Waals surface area contributed by atoms with Crippen LogP contribution in [0.25, 0.3) is 0 Å². The van der Waals surface area contributed by atoms with E-state index < -0.39 is 11.5 Å². The van der Waals surface area contributed by atoms with Crippen LogP contribution in [-0.2, 0) is 4.79 Å². The number of carboxylic acid groups (broad SMARTS) is 1. The Morgan fingerprint density at radius 3 is 2.75 bits per heavy atom. The van der Waals surface area contributed by atoms with E-state index >= 15 is 0 Å². The summed E-state index contributed by atoms with van der Waals surface area (Å²) < 4.78 is 18.7. The van der Waals surface area contributed by atoms with Gasteiger partial charge in [-0.15, -0.1) is 0 Å². The van der Waals surface area contributed by atoms with Crippen molar-refractivity contribution in [2.45, 2.75) is 32.2 Å². The molecule has 2 rings (SSSR count). The molecule has 0 saturated heterocycles. The van der Waals surface area contributed by atoms with E-state index in [1.54, 1.807) is 6.92 Å². The maximum atomic E-state index is 13.0. The molecule has 1 saturated carbocycles. The van der Waals surface area contributed by atoms with Crippen LogP contribution in [0.5, 0.6) is 5.75 Å². The minimum Gasteiger partial charge on any atom is -0.491 e. The zero-order chi connectivity index (χ0) is 14.8. The van der Waals surface area contributed by atoms with E-state index in [4.69, 9.17) is 4.74 Å². The van der Waals surface area contributed by atoms with Crippen LogP contribution in [0.4, 0.5) is 4.39 Å². The summed E-state index contributed by atoms with van der Waals surface area (Å²) in [5.41, 5.74) is -0.383. The Labute approximate surface area is 117 Å². The van der Waals surface area contributed by atoms with Crippen LogP contribution >= 0.6 is 0 Å². The molecule has 20 heavy (non-hydrogen) atoms. The molecule has 1 aliphatic carbocycles. The van der Waals surface area contributed by atoms with Gasteiger partial charge in [-0.1, -0.05) is 6.92 Å². The van der Waals surface area contributed by atoms with E-state index in [9.17, 15) is 14.3 Å². The third kappa shape index (κ3) is 2.93. The lowest BCUT2D eigenvalue weighted by Gasteiger charge is -2.30. The van der Waals surface area contributed by atoms with Crippen LogP contribution in [0.2, 0.25) is 0 Å². The first-order valence-electron chi connectivity index (χ1n) is 6.87. The molecule has 0 spiro atoms. The second kappa shape index (κ2) is 5.79. The minimum absolute atomic E-state index is 0.0489. The molecule has 1 aromatic rings.